The van der Waals surface area contributed by atoms with E-state index in [1.807, 2.05) is 0 Å². The number of nitrogens with two attached hydrogens (primary N) is 1. The molecular weight excluding hydrogens is 316 g/mol. The summed E-state index contributed by atoms with van der Waals surface area (Å²) in [5.41, 5.74) is 7.45. The molecule has 21 heavy (non-hydrogen) atoms. The molecule has 0 amide bonds. The summed E-state index contributed by atoms with van der Waals surface area (Å²) in [6.45, 7) is 1.77. The zero-order valence-electron chi connectivity index (χ0n) is 11.1. The maximum absolute atomic E-state index is 13.2. The summed E-state index contributed by atoms with van der Waals surface area (Å²) >= 11 is 11.7. The van der Waals surface area contributed by atoms with E-state index in [0.717, 1.165) is 5.56 Å². The minimum absolute atomic E-state index is 0.0391. The van der Waals surface area contributed by atoms with Gasteiger partial charge in [-0.3, -0.25) is 0 Å². The van der Waals surface area contributed by atoms with Gasteiger partial charge < -0.3 is 10.5 Å². The summed E-state index contributed by atoms with van der Waals surface area (Å²) in [4.78, 5) is 12.0. The first kappa shape index (κ1) is 15.6. The van der Waals surface area contributed by atoms with Gasteiger partial charge in [0.1, 0.15) is 12.4 Å². The number of aryl methyl sites for hydroxylation is 1. The standard InChI is InChI=1S/C15H12Cl2FNO2/c1-8-2-3-11(18)4-10(8)7-21-15(20)9-5-12(16)14(17)13(19)6-9/h2-6H,7,19H2,1H3. The highest BCUT2D eigenvalue weighted by Crippen LogP contribution is 2.29. The Balaban J connectivity index is 2.13. The van der Waals surface area contributed by atoms with Crippen LogP contribution in [0.4, 0.5) is 10.1 Å². The highest BCUT2D eigenvalue weighted by atomic mass is 35.5. The van der Waals surface area contributed by atoms with Gasteiger partial charge in [-0.2, -0.15) is 0 Å². The first-order chi connectivity index (χ1) is 9.88. The van der Waals surface area contributed by atoms with Crippen molar-refractivity contribution in [3.63, 3.8) is 0 Å². The number of esters is 1. The predicted octanol–water partition coefficient (Wildman–Crippen LogP) is 4.38. The number of nitrogen functional groups attached to an aromatic ring is 1. The minimum atomic E-state index is -0.607. The average Bonchev–Trinajstić information content (AvgIpc) is 2.44. The van der Waals surface area contributed by atoms with Crippen LogP contribution in [0.5, 0.6) is 0 Å². The maximum Gasteiger partial charge on any atom is 0.338 e. The maximum atomic E-state index is 13.2. The lowest BCUT2D eigenvalue weighted by atomic mass is 10.1. The van der Waals surface area contributed by atoms with E-state index in [1.165, 1.54) is 24.3 Å². The number of carbonyl (C=O) groups excluding carboxylic acids is 1. The van der Waals surface area contributed by atoms with Gasteiger partial charge >= 0.3 is 5.97 Å². The van der Waals surface area contributed by atoms with Gasteiger partial charge in [0.15, 0.2) is 0 Å². The zero-order valence-corrected chi connectivity index (χ0v) is 12.6. The number of anilines is 1. The predicted molar refractivity (Wildman–Crippen MR) is 81.1 cm³/mol. The Labute approximate surface area is 131 Å². The molecule has 0 heterocycles. The van der Waals surface area contributed by atoms with Crippen molar-refractivity contribution in [2.75, 3.05) is 5.73 Å². The molecule has 2 aromatic rings. The molecular formula is C15H12Cl2FNO2. The molecule has 0 aliphatic rings. The number of rotatable bonds is 3. The molecule has 0 saturated carbocycles. The Morgan fingerprint density at radius 3 is 2.67 bits per heavy atom. The molecule has 0 aliphatic heterocycles. The van der Waals surface area contributed by atoms with Gasteiger partial charge in [-0.15, -0.1) is 0 Å². The molecule has 0 bridgehead atoms. The second-order valence-corrected chi connectivity index (χ2v) is 5.29. The third kappa shape index (κ3) is 3.65. The van der Waals surface area contributed by atoms with Gasteiger partial charge in [0.2, 0.25) is 0 Å². The molecule has 0 aliphatic carbocycles. The summed E-state index contributed by atoms with van der Waals surface area (Å²) in [6.07, 6.45) is 0. The van der Waals surface area contributed by atoms with Crippen molar-refractivity contribution >= 4 is 34.9 Å². The van der Waals surface area contributed by atoms with Crippen molar-refractivity contribution in [2.24, 2.45) is 0 Å². The van der Waals surface area contributed by atoms with Crippen molar-refractivity contribution in [2.45, 2.75) is 13.5 Å². The van der Waals surface area contributed by atoms with E-state index >= 15 is 0 Å². The topological polar surface area (TPSA) is 52.3 Å². The van der Waals surface area contributed by atoms with Crippen molar-refractivity contribution in [3.8, 4) is 0 Å². The molecule has 2 aromatic carbocycles. The first-order valence-electron chi connectivity index (χ1n) is 6.05. The Bertz CT molecular complexity index is 681. The SMILES string of the molecule is Cc1ccc(F)cc1COC(=O)c1cc(N)c(Cl)c(Cl)c1. The van der Waals surface area contributed by atoms with Crippen molar-refractivity contribution in [3.05, 3.63) is 62.9 Å². The van der Waals surface area contributed by atoms with E-state index in [-0.39, 0.29) is 33.7 Å². The van der Waals surface area contributed by atoms with Crippen LogP contribution in [0.3, 0.4) is 0 Å². The molecule has 0 fully saturated rings. The third-order valence-corrected chi connectivity index (χ3v) is 3.78. The van der Waals surface area contributed by atoms with Crippen LogP contribution in [-0.4, -0.2) is 5.97 Å². The lowest BCUT2D eigenvalue weighted by Crippen LogP contribution is -2.07. The van der Waals surface area contributed by atoms with E-state index in [0.29, 0.717) is 5.56 Å². The van der Waals surface area contributed by atoms with Gasteiger partial charge in [-0.25, -0.2) is 9.18 Å². The highest BCUT2D eigenvalue weighted by Gasteiger charge is 2.13. The summed E-state index contributed by atoms with van der Waals surface area (Å²) in [6, 6.07) is 7.05. The molecule has 3 nitrogen and oxygen atoms in total. The smallest absolute Gasteiger partial charge is 0.338 e. The third-order valence-electron chi connectivity index (χ3n) is 2.96. The number of hydrogen-bond acceptors (Lipinski definition) is 3. The Hall–Kier alpha value is -1.78. The largest absolute Gasteiger partial charge is 0.457 e. The van der Waals surface area contributed by atoms with Gasteiger partial charge in [0.25, 0.3) is 0 Å². The van der Waals surface area contributed by atoms with Crippen molar-refractivity contribution < 1.29 is 13.9 Å². The number of benzene rings is 2. The van der Waals surface area contributed by atoms with Crippen LogP contribution in [-0.2, 0) is 11.3 Å². The Morgan fingerprint density at radius 2 is 2.00 bits per heavy atom. The monoisotopic (exact) mass is 327 g/mol. The van der Waals surface area contributed by atoms with Crippen LogP contribution in [0.25, 0.3) is 0 Å². The molecule has 0 unspecified atom stereocenters. The van der Waals surface area contributed by atoms with E-state index in [4.69, 9.17) is 33.7 Å². The Kier molecular flexibility index (Phi) is 4.70. The lowest BCUT2D eigenvalue weighted by Gasteiger charge is -2.09. The van der Waals surface area contributed by atoms with E-state index in [9.17, 15) is 9.18 Å². The normalized spacial score (nSPS) is 10.5. The van der Waals surface area contributed by atoms with E-state index in [1.54, 1.807) is 13.0 Å². The van der Waals surface area contributed by atoms with Crippen LogP contribution >= 0.6 is 23.2 Å². The van der Waals surface area contributed by atoms with Crippen molar-refractivity contribution in [1.29, 1.82) is 0 Å². The molecule has 0 aromatic heterocycles. The van der Waals surface area contributed by atoms with Gasteiger partial charge in [-0.05, 0) is 42.3 Å². The van der Waals surface area contributed by atoms with Crippen molar-refractivity contribution in [1.82, 2.24) is 0 Å². The average molecular weight is 328 g/mol. The summed E-state index contributed by atoms with van der Waals surface area (Å²) in [5.74, 6) is -0.991. The fraction of sp³-hybridized carbons (Fsp3) is 0.133. The number of carbonyl (C=O) groups is 1. The molecule has 0 radical (unpaired) electrons. The summed E-state index contributed by atoms with van der Waals surface area (Å²) in [5, 5.41) is 0.361. The van der Waals surface area contributed by atoms with Crippen LogP contribution in [0, 0.1) is 12.7 Å². The fourth-order valence-corrected chi connectivity index (χ4v) is 2.09. The molecule has 110 valence electrons. The summed E-state index contributed by atoms with van der Waals surface area (Å²) < 4.78 is 18.3. The fourth-order valence-electron chi connectivity index (χ4n) is 1.75. The molecule has 0 atom stereocenters. The van der Waals surface area contributed by atoms with Gasteiger partial charge in [0, 0.05) is 0 Å². The quantitative estimate of drug-likeness (QED) is 0.672. The minimum Gasteiger partial charge on any atom is -0.457 e. The molecule has 2 rings (SSSR count). The van der Waals surface area contributed by atoms with Crippen LogP contribution < -0.4 is 5.73 Å². The highest BCUT2D eigenvalue weighted by molar-refractivity contribution is 6.43. The Morgan fingerprint density at radius 1 is 1.29 bits per heavy atom. The van der Waals surface area contributed by atoms with E-state index < -0.39 is 5.97 Å². The van der Waals surface area contributed by atoms with Crippen LogP contribution in [0.2, 0.25) is 10.0 Å². The van der Waals surface area contributed by atoms with Crippen LogP contribution in [0.1, 0.15) is 21.5 Å². The summed E-state index contributed by atoms with van der Waals surface area (Å²) in [7, 11) is 0. The van der Waals surface area contributed by atoms with Gasteiger partial charge in [0.05, 0.1) is 21.3 Å². The second-order valence-electron chi connectivity index (χ2n) is 4.51. The number of ether oxygens (including phenoxy) is 1. The molecule has 0 spiro atoms. The molecule has 0 saturated heterocycles. The number of halogens is 3. The van der Waals surface area contributed by atoms with Crippen LogP contribution in [0.15, 0.2) is 30.3 Å². The molecule has 6 heteroatoms. The van der Waals surface area contributed by atoms with E-state index in [2.05, 4.69) is 0 Å². The first-order valence-corrected chi connectivity index (χ1v) is 6.80. The lowest BCUT2D eigenvalue weighted by molar-refractivity contribution is 0.0472. The zero-order chi connectivity index (χ0) is 15.6. The van der Waals surface area contributed by atoms with Gasteiger partial charge in [-0.1, -0.05) is 29.3 Å². The molecule has 2 N–H and O–H groups in total. The second kappa shape index (κ2) is 6.33. The number of hydrogen-bond donors (Lipinski definition) is 1.